The van der Waals surface area contributed by atoms with Crippen LogP contribution < -0.4 is 5.32 Å². The van der Waals surface area contributed by atoms with Gasteiger partial charge in [-0.05, 0) is 37.0 Å². The van der Waals surface area contributed by atoms with E-state index in [9.17, 15) is 9.59 Å². The highest BCUT2D eigenvalue weighted by Gasteiger charge is 2.23. The second-order valence-electron chi connectivity index (χ2n) is 6.80. The fourth-order valence-corrected chi connectivity index (χ4v) is 4.56. The van der Waals surface area contributed by atoms with E-state index in [0.717, 1.165) is 34.0 Å². The molecule has 0 spiro atoms. The second-order valence-corrected chi connectivity index (χ2v) is 8.53. The predicted octanol–water partition coefficient (Wildman–Crippen LogP) is 6.55. The Morgan fingerprint density at radius 1 is 1.20 bits per heavy atom. The molecule has 0 atom stereocenters. The number of carbonyl (C=O) groups excluding carboxylic acids is 2. The third-order valence-electron chi connectivity index (χ3n) is 4.77. The smallest absolute Gasteiger partial charge is 0.341 e. The van der Waals surface area contributed by atoms with Gasteiger partial charge >= 0.3 is 5.97 Å². The zero-order valence-electron chi connectivity index (χ0n) is 17.0. The molecule has 0 unspecified atom stereocenters. The molecule has 2 aromatic rings. The van der Waals surface area contributed by atoms with Gasteiger partial charge in [0.2, 0.25) is 5.91 Å². The monoisotopic (exact) mass is 485 g/mol. The predicted molar refractivity (Wildman–Crippen MR) is 127 cm³/mol. The number of nitrogens with one attached hydrogen (secondary N) is 1. The van der Waals surface area contributed by atoms with Gasteiger partial charge in [-0.3, -0.25) is 4.79 Å². The van der Waals surface area contributed by atoms with Crippen molar-refractivity contribution in [3.05, 3.63) is 80.7 Å². The van der Waals surface area contributed by atoms with Crippen LogP contribution in [0.25, 0.3) is 5.57 Å². The number of amides is 1. The van der Waals surface area contributed by atoms with Crippen LogP contribution in [0.4, 0.5) is 5.00 Å². The molecule has 1 N–H and O–H groups in total. The molecule has 3 rings (SSSR count). The summed E-state index contributed by atoms with van der Waals surface area (Å²) in [6.07, 6.45) is 10.3. The number of allylic oxidation sites excluding steroid dienone is 6. The number of thiophene rings is 1. The molecule has 30 heavy (non-hydrogen) atoms. The Labute approximate surface area is 189 Å². The summed E-state index contributed by atoms with van der Waals surface area (Å²) in [5.74, 6) is -0.609. The number of carbonyl (C=O) groups is 2. The van der Waals surface area contributed by atoms with Gasteiger partial charge in [-0.15, -0.1) is 11.3 Å². The van der Waals surface area contributed by atoms with Gasteiger partial charge in [0.15, 0.2) is 0 Å². The number of anilines is 1. The van der Waals surface area contributed by atoms with Crippen molar-refractivity contribution in [2.45, 2.75) is 33.1 Å². The normalized spacial score (nSPS) is 13.3. The molecule has 6 heteroatoms. The summed E-state index contributed by atoms with van der Waals surface area (Å²) < 4.78 is 6.17. The summed E-state index contributed by atoms with van der Waals surface area (Å²) in [5.41, 5.74) is 4.34. The van der Waals surface area contributed by atoms with E-state index in [1.54, 1.807) is 6.92 Å². The molecule has 1 aromatic carbocycles. The largest absolute Gasteiger partial charge is 0.462 e. The molecular formula is C24H24BrNO3S. The second kappa shape index (κ2) is 10.5. The maximum atomic E-state index is 12.7. The van der Waals surface area contributed by atoms with Crippen molar-refractivity contribution in [2.24, 2.45) is 0 Å². The van der Waals surface area contributed by atoms with E-state index >= 15 is 0 Å². The van der Waals surface area contributed by atoms with Gasteiger partial charge < -0.3 is 10.1 Å². The van der Waals surface area contributed by atoms with Crippen LogP contribution in [0.15, 0.2) is 64.0 Å². The van der Waals surface area contributed by atoms with Gasteiger partial charge in [0.25, 0.3) is 0 Å². The van der Waals surface area contributed by atoms with Crippen LogP contribution in [0.3, 0.4) is 0 Å². The summed E-state index contributed by atoms with van der Waals surface area (Å²) in [5, 5.41) is 5.33. The third-order valence-corrected chi connectivity index (χ3v) is 6.44. The highest BCUT2D eigenvalue weighted by molar-refractivity contribution is 9.10. The number of benzene rings is 1. The average molecular weight is 486 g/mol. The van der Waals surface area contributed by atoms with E-state index in [4.69, 9.17) is 4.74 Å². The van der Waals surface area contributed by atoms with Crippen LogP contribution in [0.2, 0.25) is 0 Å². The van der Waals surface area contributed by atoms with Crippen molar-refractivity contribution in [1.82, 2.24) is 0 Å². The lowest BCUT2D eigenvalue weighted by molar-refractivity contribution is -0.115. The number of rotatable bonds is 7. The van der Waals surface area contributed by atoms with Crippen molar-refractivity contribution in [1.29, 1.82) is 0 Å². The van der Waals surface area contributed by atoms with Gasteiger partial charge in [0.1, 0.15) is 10.6 Å². The van der Waals surface area contributed by atoms with Gasteiger partial charge in [0.05, 0.1) is 13.0 Å². The van der Waals surface area contributed by atoms with Crippen LogP contribution in [-0.2, 0) is 16.0 Å². The maximum absolute atomic E-state index is 12.7. The first kappa shape index (κ1) is 22.2. The Morgan fingerprint density at radius 2 is 2.00 bits per heavy atom. The Morgan fingerprint density at radius 3 is 2.73 bits per heavy atom. The summed E-state index contributed by atoms with van der Waals surface area (Å²) in [6.45, 7) is 4.18. The highest BCUT2D eigenvalue weighted by Crippen LogP contribution is 2.35. The van der Waals surface area contributed by atoms with Gasteiger partial charge in [-0.2, -0.15) is 0 Å². The van der Waals surface area contributed by atoms with Crippen molar-refractivity contribution >= 4 is 49.7 Å². The van der Waals surface area contributed by atoms with E-state index < -0.39 is 5.97 Å². The van der Waals surface area contributed by atoms with Crippen molar-refractivity contribution in [3.63, 3.8) is 0 Å². The molecule has 1 aliphatic carbocycles. The molecule has 1 heterocycles. The number of hydrogen-bond acceptors (Lipinski definition) is 4. The minimum Gasteiger partial charge on any atom is -0.462 e. The van der Waals surface area contributed by atoms with Gasteiger partial charge in [-0.1, -0.05) is 70.9 Å². The lowest BCUT2D eigenvalue weighted by atomic mass is 10.0. The molecule has 0 bridgehead atoms. The molecular weight excluding hydrogens is 462 g/mol. The molecule has 0 fully saturated rings. The lowest BCUT2D eigenvalue weighted by Crippen LogP contribution is -2.17. The minimum atomic E-state index is -0.428. The fourth-order valence-electron chi connectivity index (χ4n) is 3.16. The highest BCUT2D eigenvalue weighted by atomic mass is 79.9. The molecule has 1 aromatic heterocycles. The zero-order valence-corrected chi connectivity index (χ0v) is 19.4. The zero-order chi connectivity index (χ0) is 21.5. The Balaban J connectivity index is 1.91. The molecule has 0 aliphatic heterocycles. The standard InChI is InChI=1S/C24H24BrNO3S/c1-3-16-8-7-10-17(13-12-16)19-15-30-23(22(19)24(28)29-4-2)26-21(27)14-18-9-5-6-11-20(18)25/h5-7,9-13,15H,3-4,8,14H2,1-2H3,(H,26,27). The Bertz CT molecular complexity index is 1030. The van der Waals surface area contributed by atoms with E-state index in [-0.39, 0.29) is 18.9 Å². The number of halogens is 1. The Hall–Kier alpha value is -2.44. The Kier molecular flexibility index (Phi) is 7.82. The summed E-state index contributed by atoms with van der Waals surface area (Å²) in [6, 6.07) is 7.60. The first-order chi connectivity index (χ1) is 14.5. The average Bonchev–Trinajstić information content (AvgIpc) is 2.98. The lowest BCUT2D eigenvalue weighted by Gasteiger charge is -2.09. The molecule has 0 radical (unpaired) electrons. The number of hydrogen-bond donors (Lipinski definition) is 1. The van der Waals surface area contributed by atoms with Gasteiger partial charge in [-0.25, -0.2) is 4.79 Å². The quantitative estimate of drug-likeness (QED) is 0.452. The number of esters is 1. The summed E-state index contributed by atoms with van der Waals surface area (Å²) >= 11 is 4.81. The van der Waals surface area contributed by atoms with Crippen LogP contribution in [0.5, 0.6) is 0 Å². The first-order valence-electron chi connectivity index (χ1n) is 9.92. The van der Waals surface area contributed by atoms with Crippen molar-refractivity contribution in [3.8, 4) is 0 Å². The van der Waals surface area contributed by atoms with Crippen LogP contribution in [0.1, 0.15) is 48.2 Å². The molecule has 0 saturated heterocycles. The summed E-state index contributed by atoms with van der Waals surface area (Å²) in [7, 11) is 0. The van der Waals surface area contributed by atoms with E-state index in [2.05, 4.69) is 40.3 Å². The molecule has 1 amide bonds. The minimum absolute atomic E-state index is 0.181. The molecule has 1 aliphatic rings. The SMILES string of the molecule is CCOC(=O)c1c(C2=CC=C(CC)CC=C2)csc1NC(=O)Cc1ccccc1Br. The van der Waals surface area contributed by atoms with E-state index in [1.807, 2.05) is 41.8 Å². The van der Waals surface area contributed by atoms with E-state index in [0.29, 0.717) is 10.6 Å². The first-order valence-corrected chi connectivity index (χ1v) is 11.6. The summed E-state index contributed by atoms with van der Waals surface area (Å²) in [4.78, 5) is 25.4. The topological polar surface area (TPSA) is 55.4 Å². The van der Waals surface area contributed by atoms with Crippen LogP contribution in [0, 0.1) is 0 Å². The number of ether oxygens (including phenoxy) is 1. The van der Waals surface area contributed by atoms with Gasteiger partial charge in [0, 0.05) is 15.4 Å². The van der Waals surface area contributed by atoms with Crippen molar-refractivity contribution < 1.29 is 14.3 Å². The molecule has 156 valence electrons. The third kappa shape index (κ3) is 5.37. The van der Waals surface area contributed by atoms with Crippen molar-refractivity contribution in [2.75, 3.05) is 11.9 Å². The van der Waals surface area contributed by atoms with E-state index in [1.165, 1.54) is 16.9 Å². The van der Waals surface area contributed by atoms with Crippen LogP contribution in [-0.4, -0.2) is 18.5 Å². The molecule has 4 nitrogen and oxygen atoms in total. The maximum Gasteiger partial charge on any atom is 0.341 e. The van der Waals surface area contributed by atoms with Crippen LogP contribution >= 0.6 is 27.3 Å². The molecule has 0 saturated carbocycles. The fraction of sp³-hybridized carbons (Fsp3) is 0.250.